The van der Waals surface area contributed by atoms with Gasteiger partial charge in [0.2, 0.25) is 0 Å². The molecule has 6 rings (SSSR count). The molecule has 0 amide bonds. The molecule has 0 spiro atoms. The van der Waals surface area contributed by atoms with Crippen molar-refractivity contribution in [2.45, 2.75) is 6.92 Å². The highest BCUT2D eigenvalue weighted by atomic mass is 35.5. The molecular formula is C40H30Cl2O3. The number of benzene rings is 6. The number of halogens is 2. The first kappa shape index (κ1) is 32.8. The number of hydrogen-bond acceptors (Lipinski definition) is 3. The summed E-state index contributed by atoms with van der Waals surface area (Å²) in [6, 6.07) is 49.3. The van der Waals surface area contributed by atoms with E-state index in [1.165, 1.54) is 0 Å². The summed E-state index contributed by atoms with van der Waals surface area (Å²) in [5, 5.41) is 1.29. The van der Waals surface area contributed by atoms with Gasteiger partial charge in [-0.15, -0.1) is 0 Å². The average Bonchev–Trinajstić information content (AvgIpc) is 3.10. The largest absolute Gasteiger partial charge is 0.289 e. The maximum Gasteiger partial charge on any atom is 0.193 e. The van der Waals surface area contributed by atoms with Crippen LogP contribution in [0.1, 0.15) is 53.3 Å². The van der Waals surface area contributed by atoms with Gasteiger partial charge in [-0.2, -0.15) is 0 Å². The third-order valence-electron chi connectivity index (χ3n) is 6.68. The van der Waals surface area contributed by atoms with Crippen molar-refractivity contribution in [3.63, 3.8) is 0 Å². The monoisotopic (exact) mass is 628 g/mol. The second kappa shape index (κ2) is 16.7. The molecule has 222 valence electrons. The van der Waals surface area contributed by atoms with Gasteiger partial charge in [-0.3, -0.25) is 14.4 Å². The normalized spacial score (nSPS) is 9.93. The van der Waals surface area contributed by atoms with Crippen molar-refractivity contribution >= 4 is 40.6 Å². The lowest BCUT2D eigenvalue weighted by atomic mass is 9.99. The minimum atomic E-state index is 0.0206. The summed E-state index contributed by atoms with van der Waals surface area (Å²) in [6.07, 6.45) is 0. The van der Waals surface area contributed by atoms with Crippen molar-refractivity contribution in [1.82, 2.24) is 0 Å². The lowest BCUT2D eigenvalue weighted by Crippen LogP contribution is -2.03. The molecule has 3 nitrogen and oxygen atoms in total. The summed E-state index contributed by atoms with van der Waals surface area (Å²) in [7, 11) is 0. The minimum Gasteiger partial charge on any atom is -0.289 e. The predicted octanol–water partition coefficient (Wildman–Crippen LogP) is 10.4. The van der Waals surface area contributed by atoms with Gasteiger partial charge >= 0.3 is 0 Å². The standard InChI is InChI=1S/C14H11ClO.C13H9ClO.C13H10O/c1-10-9-12(15)7-8-13(10)14(16)11-5-3-2-4-6-11;14-12-8-6-11(7-9-12)13(15)10-4-2-1-3-5-10;14-13(11-7-3-1-4-8-11)12-9-5-2-6-10-12/h2-9H,1H3;1-9H;1-10H. The Morgan fingerprint density at radius 1 is 0.378 bits per heavy atom. The van der Waals surface area contributed by atoms with Crippen LogP contribution in [0.2, 0.25) is 10.0 Å². The van der Waals surface area contributed by atoms with Crippen LogP contribution in [0.25, 0.3) is 0 Å². The van der Waals surface area contributed by atoms with Crippen molar-refractivity contribution in [3.8, 4) is 0 Å². The van der Waals surface area contributed by atoms with Crippen LogP contribution < -0.4 is 0 Å². The number of rotatable bonds is 6. The first-order chi connectivity index (χ1) is 21.8. The Labute approximate surface area is 273 Å². The number of carbonyl (C=O) groups is 3. The Bertz CT molecular complexity index is 1800. The molecule has 6 aromatic carbocycles. The van der Waals surface area contributed by atoms with E-state index in [9.17, 15) is 14.4 Å². The molecule has 0 saturated heterocycles. The zero-order valence-corrected chi connectivity index (χ0v) is 26.1. The Morgan fingerprint density at radius 3 is 1.04 bits per heavy atom. The fourth-order valence-electron chi connectivity index (χ4n) is 4.33. The zero-order valence-electron chi connectivity index (χ0n) is 24.6. The summed E-state index contributed by atoms with van der Waals surface area (Å²) in [5.74, 6) is 0.133. The highest BCUT2D eigenvalue weighted by molar-refractivity contribution is 6.31. The molecule has 0 aromatic heterocycles. The van der Waals surface area contributed by atoms with Gasteiger partial charge in [-0.05, 0) is 55.0 Å². The average molecular weight is 630 g/mol. The summed E-state index contributed by atoms with van der Waals surface area (Å²) in [6.45, 7) is 1.89. The predicted molar refractivity (Wildman–Crippen MR) is 184 cm³/mol. The quantitative estimate of drug-likeness (QED) is 0.172. The lowest BCUT2D eigenvalue weighted by Gasteiger charge is -2.05. The molecular weight excluding hydrogens is 599 g/mol. The molecule has 0 unspecified atom stereocenters. The van der Waals surface area contributed by atoms with E-state index in [4.69, 9.17) is 23.2 Å². The zero-order chi connectivity index (χ0) is 32.0. The Morgan fingerprint density at radius 2 is 0.689 bits per heavy atom. The molecule has 0 saturated carbocycles. The van der Waals surface area contributed by atoms with E-state index in [0.29, 0.717) is 32.3 Å². The van der Waals surface area contributed by atoms with Gasteiger partial charge in [0.1, 0.15) is 0 Å². The van der Waals surface area contributed by atoms with E-state index < -0.39 is 0 Å². The van der Waals surface area contributed by atoms with Crippen LogP contribution in [0, 0.1) is 6.92 Å². The minimum absolute atomic E-state index is 0.0206. The third-order valence-corrected chi connectivity index (χ3v) is 7.17. The van der Waals surface area contributed by atoms with Crippen LogP contribution in [0.15, 0.2) is 164 Å². The second-order valence-corrected chi connectivity index (χ2v) is 10.8. The van der Waals surface area contributed by atoms with Crippen LogP contribution >= 0.6 is 23.2 Å². The maximum atomic E-state index is 12.1. The van der Waals surface area contributed by atoms with Gasteiger partial charge in [0, 0.05) is 43.4 Å². The molecule has 0 aliphatic carbocycles. The van der Waals surface area contributed by atoms with E-state index in [1.54, 1.807) is 54.6 Å². The number of hydrogen-bond donors (Lipinski definition) is 0. The van der Waals surface area contributed by atoms with Gasteiger partial charge in [-0.25, -0.2) is 0 Å². The van der Waals surface area contributed by atoms with E-state index in [1.807, 2.05) is 116 Å². The molecule has 0 atom stereocenters. The molecule has 0 bridgehead atoms. The molecule has 45 heavy (non-hydrogen) atoms. The lowest BCUT2D eigenvalue weighted by molar-refractivity contribution is 0.103. The van der Waals surface area contributed by atoms with Crippen LogP contribution in [-0.4, -0.2) is 17.3 Å². The maximum absolute atomic E-state index is 12.1. The molecule has 5 heteroatoms. The SMILES string of the molecule is Cc1cc(Cl)ccc1C(=O)c1ccccc1.O=C(c1ccccc1)c1ccc(Cl)cc1.O=C(c1ccccc1)c1ccccc1. The second-order valence-electron chi connectivity index (χ2n) is 9.92. The molecule has 0 fully saturated rings. The van der Waals surface area contributed by atoms with Gasteiger partial charge in [0.15, 0.2) is 17.3 Å². The van der Waals surface area contributed by atoms with Gasteiger partial charge < -0.3 is 0 Å². The topological polar surface area (TPSA) is 51.2 Å². The Balaban J connectivity index is 0.000000154. The van der Waals surface area contributed by atoms with Crippen molar-refractivity contribution in [1.29, 1.82) is 0 Å². The Kier molecular flexibility index (Phi) is 12.2. The van der Waals surface area contributed by atoms with Crippen molar-refractivity contribution in [2.75, 3.05) is 0 Å². The van der Waals surface area contributed by atoms with Crippen LogP contribution in [0.4, 0.5) is 0 Å². The van der Waals surface area contributed by atoms with Gasteiger partial charge in [0.05, 0.1) is 0 Å². The number of carbonyl (C=O) groups excluding carboxylic acids is 3. The van der Waals surface area contributed by atoms with Crippen LogP contribution in [-0.2, 0) is 0 Å². The molecule has 0 radical (unpaired) electrons. The van der Waals surface area contributed by atoms with Crippen LogP contribution in [0.5, 0.6) is 0 Å². The fraction of sp³-hybridized carbons (Fsp3) is 0.0250. The molecule has 0 aliphatic rings. The fourth-order valence-corrected chi connectivity index (χ4v) is 4.68. The van der Waals surface area contributed by atoms with E-state index in [2.05, 4.69) is 0 Å². The van der Waals surface area contributed by atoms with Crippen molar-refractivity contribution in [2.24, 2.45) is 0 Å². The smallest absolute Gasteiger partial charge is 0.193 e. The van der Waals surface area contributed by atoms with Gasteiger partial charge in [-0.1, -0.05) is 145 Å². The summed E-state index contributed by atoms with van der Waals surface area (Å²) < 4.78 is 0. The highest BCUT2D eigenvalue weighted by Crippen LogP contribution is 2.18. The summed E-state index contributed by atoms with van der Waals surface area (Å²) in [5.41, 5.74) is 5.13. The van der Waals surface area contributed by atoms with Crippen molar-refractivity contribution < 1.29 is 14.4 Å². The molecule has 6 aromatic rings. The molecule has 0 heterocycles. The highest BCUT2D eigenvalue weighted by Gasteiger charge is 2.11. The third kappa shape index (κ3) is 9.70. The van der Waals surface area contributed by atoms with E-state index in [0.717, 1.165) is 16.7 Å². The first-order valence-corrected chi connectivity index (χ1v) is 14.9. The van der Waals surface area contributed by atoms with Gasteiger partial charge in [0.25, 0.3) is 0 Å². The molecule has 0 N–H and O–H groups in total. The number of ketones is 3. The molecule has 0 aliphatic heterocycles. The Hall–Kier alpha value is -5.09. The van der Waals surface area contributed by atoms with Crippen molar-refractivity contribution in [3.05, 3.63) is 213 Å². The van der Waals surface area contributed by atoms with E-state index in [-0.39, 0.29) is 17.3 Å². The number of aryl methyl sites for hydroxylation is 1. The first-order valence-electron chi connectivity index (χ1n) is 14.2. The van der Waals surface area contributed by atoms with Crippen LogP contribution in [0.3, 0.4) is 0 Å². The summed E-state index contributed by atoms with van der Waals surface area (Å²) in [4.78, 5) is 35.9. The summed E-state index contributed by atoms with van der Waals surface area (Å²) >= 11 is 11.6. The van der Waals surface area contributed by atoms with E-state index >= 15 is 0 Å².